The van der Waals surface area contributed by atoms with Crippen LogP contribution in [0.25, 0.3) is 0 Å². The van der Waals surface area contributed by atoms with E-state index < -0.39 is 0 Å². The van der Waals surface area contributed by atoms with Gasteiger partial charge in [0.05, 0.1) is 6.04 Å². The first-order valence-corrected chi connectivity index (χ1v) is 5.10. The molecule has 1 aromatic heterocycles. The van der Waals surface area contributed by atoms with Crippen molar-refractivity contribution in [2.24, 2.45) is 17.7 Å². The van der Waals surface area contributed by atoms with Crippen LogP contribution in [-0.2, 0) is 0 Å². The summed E-state index contributed by atoms with van der Waals surface area (Å²) < 4.78 is 0. The van der Waals surface area contributed by atoms with Crippen LogP contribution in [0, 0.1) is 18.8 Å². The van der Waals surface area contributed by atoms with E-state index in [0.717, 1.165) is 5.92 Å². The van der Waals surface area contributed by atoms with E-state index in [-0.39, 0.29) is 6.04 Å². The highest BCUT2D eigenvalue weighted by Gasteiger charge is 2.39. The second-order valence-electron chi connectivity index (χ2n) is 4.32. The quantitative estimate of drug-likeness (QED) is 0.563. The number of rotatable bonds is 3. The second kappa shape index (κ2) is 3.67. The zero-order chi connectivity index (χ0) is 10.1. The van der Waals surface area contributed by atoms with Gasteiger partial charge in [-0.15, -0.1) is 0 Å². The minimum atomic E-state index is 0.275. The Labute approximate surface area is 84.7 Å². The highest BCUT2D eigenvalue weighted by molar-refractivity contribution is 5.22. The lowest BCUT2D eigenvalue weighted by Gasteiger charge is -2.15. The number of hydrogen-bond donors (Lipinski definition) is 2. The highest BCUT2D eigenvalue weighted by Crippen LogP contribution is 2.46. The third-order valence-corrected chi connectivity index (χ3v) is 3.03. The van der Waals surface area contributed by atoms with Crippen LogP contribution < -0.4 is 11.3 Å². The second-order valence-corrected chi connectivity index (χ2v) is 4.32. The van der Waals surface area contributed by atoms with Crippen molar-refractivity contribution in [1.29, 1.82) is 0 Å². The number of nitrogens with one attached hydrogen (secondary N) is 1. The van der Waals surface area contributed by atoms with Crippen molar-refractivity contribution in [2.75, 3.05) is 0 Å². The lowest BCUT2D eigenvalue weighted by Crippen LogP contribution is -2.30. The minimum Gasteiger partial charge on any atom is -0.271 e. The molecule has 0 aliphatic heterocycles. The molecule has 1 aromatic rings. The fourth-order valence-corrected chi connectivity index (χ4v) is 2.03. The lowest BCUT2D eigenvalue weighted by atomic mass is 10.0. The van der Waals surface area contributed by atoms with Gasteiger partial charge >= 0.3 is 0 Å². The summed E-state index contributed by atoms with van der Waals surface area (Å²) in [5.41, 5.74) is 5.30. The molecule has 1 aliphatic rings. The van der Waals surface area contributed by atoms with Gasteiger partial charge < -0.3 is 0 Å². The molecule has 0 radical (unpaired) electrons. The molecule has 0 saturated heterocycles. The number of nitrogens with two attached hydrogens (primary N) is 1. The predicted molar refractivity (Wildman–Crippen MR) is 56.3 cm³/mol. The van der Waals surface area contributed by atoms with Crippen LogP contribution in [0.4, 0.5) is 0 Å². The topological polar surface area (TPSA) is 50.9 Å². The fraction of sp³-hybridized carbons (Fsp3) is 0.545. The molecule has 3 unspecified atom stereocenters. The molecule has 1 aliphatic carbocycles. The van der Waals surface area contributed by atoms with Gasteiger partial charge in [0.2, 0.25) is 0 Å². The summed E-state index contributed by atoms with van der Waals surface area (Å²) in [7, 11) is 0. The fourth-order valence-electron chi connectivity index (χ4n) is 2.03. The van der Waals surface area contributed by atoms with Gasteiger partial charge in [-0.3, -0.25) is 16.3 Å². The van der Waals surface area contributed by atoms with Crippen LogP contribution in [0.3, 0.4) is 0 Å². The molecule has 3 heteroatoms. The third kappa shape index (κ3) is 1.79. The van der Waals surface area contributed by atoms with Crippen LogP contribution in [0.1, 0.15) is 30.5 Å². The van der Waals surface area contributed by atoms with E-state index in [1.807, 2.05) is 12.4 Å². The molecular formula is C11H17N3. The van der Waals surface area contributed by atoms with Crippen LogP contribution in [0.15, 0.2) is 18.5 Å². The van der Waals surface area contributed by atoms with Crippen molar-refractivity contribution in [3.8, 4) is 0 Å². The van der Waals surface area contributed by atoms with Crippen LogP contribution in [0.2, 0.25) is 0 Å². The molecule has 3 atom stereocenters. The van der Waals surface area contributed by atoms with Gasteiger partial charge in [-0.05, 0) is 36.3 Å². The molecule has 0 aromatic carbocycles. The Kier molecular flexibility index (Phi) is 2.52. The lowest BCUT2D eigenvalue weighted by molar-refractivity contribution is 0.474. The molecule has 0 bridgehead atoms. The van der Waals surface area contributed by atoms with E-state index in [1.54, 1.807) is 0 Å². The van der Waals surface area contributed by atoms with Gasteiger partial charge in [0.15, 0.2) is 0 Å². The zero-order valence-electron chi connectivity index (χ0n) is 8.70. The van der Waals surface area contributed by atoms with Crippen molar-refractivity contribution >= 4 is 0 Å². The summed E-state index contributed by atoms with van der Waals surface area (Å²) in [4.78, 5) is 4.19. The number of nitrogens with zero attached hydrogens (tertiary/aromatic N) is 1. The van der Waals surface area contributed by atoms with Crippen molar-refractivity contribution < 1.29 is 0 Å². The normalized spacial score (nSPS) is 27.4. The molecule has 0 spiro atoms. The van der Waals surface area contributed by atoms with E-state index in [4.69, 9.17) is 5.84 Å². The van der Waals surface area contributed by atoms with Crippen LogP contribution in [-0.4, -0.2) is 4.98 Å². The molecule has 1 fully saturated rings. The van der Waals surface area contributed by atoms with E-state index in [9.17, 15) is 0 Å². The molecule has 0 amide bonds. The monoisotopic (exact) mass is 191 g/mol. The average Bonchev–Trinajstić information content (AvgIpc) is 2.84. The summed E-state index contributed by atoms with van der Waals surface area (Å²) in [5, 5.41) is 0. The smallest absolute Gasteiger partial charge is 0.0506 e. The van der Waals surface area contributed by atoms with Gasteiger partial charge in [-0.25, -0.2) is 0 Å². The molecule has 1 saturated carbocycles. The summed E-state index contributed by atoms with van der Waals surface area (Å²) in [5.74, 6) is 7.05. The standard InChI is InChI=1S/C11H17N3/c1-7-3-9(6-13-5-7)11(14-12)10-4-8(10)2/h3,5-6,8,10-11,14H,4,12H2,1-2H3. The largest absolute Gasteiger partial charge is 0.271 e. The predicted octanol–water partition coefficient (Wildman–Crippen LogP) is 1.55. The first-order chi connectivity index (χ1) is 6.72. The maximum Gasteiger partial charge on any atom is 0.0506 e. The maximum atomic E-state index is 5.58. The Morgan fingerprint density at radius 1 is 1.57 bits per heavy atom. The maximum absolute atomic E-state index is 5.58. The Morgan fingerprint density at radius 3 is 2.79 bits per heavy atom. The Bertz CT molecular complexity index is 324. The van der Waals surface area contributed by atoms with Crippen LogP contribution in [0.5, 0.6) is 0 Å². The van der Waals surface area contributed by atoms with Crippen LogP contribution >= 0.6 is 0 Å². The van der Waals surface area contributed by atoms with Gasteiger partial charge in [-0.1, -0.05) is 13.0 Å². The first-order valence-electron chi connectivity index (χ1n) is 5.10. The summed E-state index contributed by atoms with van der Waals surface area (Å²) in [6, 6.07) is 2.43. The van der Waals surface area contributed by atoms with Crippen molar-refractivity contribution in [1.82, 2.24) is 10.4 Å². The van der Waals surface area contributed by atoms with Gasteiger partial charge in [0, 0.05) is 12.4 Å². The van der Waals surface area contributed by atoms with Gasteiger partial charge in [0.1, 0.15) is 0 Å². The van der Waals surface area contributed by atoms with Crippen molar-refractivity contribution in [3.63, 3.8) is 0 Å². The molecule has 3 nitrogen and oxygen atoms in total. The van der Waals surface area contributed by atoms with E-state index in [2.05, 4.69) is 30.3 Å². The van der Waals surface area contributed by atoms with E-state index in [0.29, 0.717) is 5.92 Å². The average molecular weight is 191 g/mol. The summed E-state index contributed by atoms with van der Waals surface area (Å²) in [6.45, 7) is 4.32. The van der Waals surface area contributed by atoms with Gasteiger partial charge in [-0.2, -0.15) is 0 Å². The van der Waals surface area contributed by atoms with E-state index >= 15 is 0 Å². The highest BCUT2D eigenvalue weighted by atomic mass is 15.2. The van der Waals surface area contributed by atoms with E-state index in [1.165, 1.54) is 17.5 Å². The Hall–Kier alpha value is -0.930. The Balaban J connectivity index is 2.19. The summed E-state index contributed by atoms with van der Waals surface area (Å²) >= 11 is 0. The number of aromatic nitrogens is 1. The summed E-state index contributed by atoms with van der Waals surface area (Å²) in [6.07, 6.45) is 5.04. The molecule has 3 N–H and O–H groups in total. The zero-order valence-corrected chi connectivity index (χ0v) is 8.70. The SMILES string of the molecule is Cc1cncc(C(NN)C2CC2C)c1. The number of hydrazine groups is 1. The number of pyridine rings is 1. The van der Waals surface area contributed by atoms with Crippen molar-refractivity contribution in [2.45, 2.75) is 26.3 Å². The molecule has 76 valence electrons. The molecule has 14 heavy (non-hydrogen) atoms. The van der Waals surface area contributed by atoms with Gasteiger partial charge in [0.25, 0.3) is 0 Å². The molecule has 2 rings (SSSR count). The number of hydrogen-bond acceptors (Lipinski definition) is 3. The Morgan fingerprint density at radius 2 is 2.29 bits per heavy atom. The molecule has 1 heterocycles. The first kappa shape index (κ1) is 9.62. The van der Waals surface area contributed by atoms with Crippen molar-refractivity contribution in [3.05, 3.63) is 29.6 Å². The third-order valence-electron chi connectivity index (χ3n) is 3.03. The molecular weight excluding hydrogens is 174 g/mol. The number of aryl methyl sites for hydroxylation is 1. The minimum absolute atomic E-state index is 0.275.